The Bertz CT molecular complexity index is 1070. The Kier molecular flexibility index (Phi) is 4.82. The minimum absolute atomic E-state index is 0.299. The van der Waals surface area contributed by atoms with Gasteiger partial charge in [-0.2, -0.15) is 10.1 Å². The van der Waals surface area contributed by atoms with Crippen LogP contribution < -0.4 is 11.2 Å². The van der Waals surface area contributed by atoms with Crippen molar-refractivity contribution in [1.29, 1.82) is 0 Å². The van der Waals surface area contributed by atoms with E-state index in [9.17, 15) is 9.59 Å². The number of aromatic nitrogens is 6. The Labute approximate surface area is 150 Å². The standard InChI is InChI=1S/C17H24N6O3/c1-6-21-15(24)13-14(20(5)17(21)25)18-16(22(13)8-9-26-7-2)23-12(4)10-11(3)19-23/h10H,6-9H2,1-5H3. The Morgan fingerprint density at radius 2 is 1.88 bits per heavy atom. The van der Waals surface area contributed by atoms with Gasteiger partial charge in [0, 0.05) is 32.4 Å². The molecule has 0 saturated heterocycles. The van der Waals surface area contributed by atoms with Gasteiger partial charge in [0.1, 0.15) is 0 Å². The fourth-order valence-electron chi connectivity index (χ4n) is 3.14. The summed E-state index contributed by atoms with van der Waals surface area (Å²) in [6, 6.07) is 1.94. The third-order valence-corrected chi connectivity index (χ3v) is 4.39. The van der Waals surface area contributed by atoms with Crippen molar-refractivity contribution in [2.24, 2.45) is 7.05 Å². The zero-order valence-electron chi connectivity index (χ0n) is 15.8. The predicted molar refractivity (Wildman–Crippen MR) is 98.0 cm³/mol. The molecule has 26 heavy (non-hydrogen) atoms. The molecule has 0 N–H and O–H groups in total. The van der Waals surface area contributed by atoms with Gasteiger partial charge in [-0.1, -0.05) is 0 Å². The van der Waals surface area contributed by atoms with Crippen molar-refractivity contribution < 1.29 is 4.74 Å². The van der Waals surface area contributed by atoms with Crippen molar-refractivity contribution in [3.63, 3.8) is 0 Å². The van der Waals surface area contributed by atoms with Crippen LogP contribution in [-0.2, 0) is 24.9 Å². The van der Waals surface area contributed by atoms with Crippen LogP contribution in [0.5, 0.6) is 0 Å². The highest BCUT2D eigenvalue weighted by Crippen LogP contribution is 2.17. The number of aryl methyl sites for hydroxylation is 3. The van der Waals surface area contributed by atoms with E-state index in [-0.39, 0.29) is 11.2 Å². The van der Waals surface area contributed by atoms with Crippen LogP contribution in [0, 0.1) is 13.8 Å². The molecular weight excluding hydrogens is 336 g/mol. The molecule has 0 bridgehead atoms. The molecule has 0 amide bonds. The third kappa shape index (κ3) is 2.78. The normalized spacial score (nSPS) is 11.6. The number of ether oxygens (including phenoxy) is 1. The Morgan fingerprint density at radius 1 is 1.15 bits per heavy atom. The van der Waals surface area contributed by atoms with Gasteiger partial charge in [-0.3, -0.25) is 13.9 Å². The minimum Gasteiger partial charge on any atom is -0.380 e. The quantitative estimate of drug-likeness (QED) is 0.606. The van der Waals surface area contributed by atoms with E-state index in [0.29, 0.717) is 43.4 Å². The number of hydrogen-bond donors (Lipinski definition) is 0. The predicted octanol–water partition coefficient (Wildman–Crippen LogP) is 0.756. The van der Waals surface area contributed by atoms with Crippen molar-refractivity contribution in [2.45, 2.75) is 40.8 Å². The van der Waals surface area contributed by atoms with E-state index in [2.05, 4.69) is 10.1 Å². The lowest BCUT2D eigenvalue weighted by Crippen LogP contribution is -2.39. The van der Waals surface area contributed by atoms with E-state index >= 15 is 0 Å². The maximum atomic E-state index is 12.9. The molecule has 0 saturated carbocycles. The maximum Gasteiger partial charge on any atom is 0.332 e. The molecular formula is C17H24N6O3. The summed E-state index contributed by atoms with van der Waals surface area (Å²) in [6.45, 7) is 9.27. The van der Waals surface area contributed by atoms with Gasteiger partial charge in [0.15, 0.2) is 11.2 Å². The maximum absolute atomic E-state index is 12.9. The molecule has 0 spiro atoms. The summed E-state index contributed by atoms with van der Waals surface area (Å²) in [7, 11) is 1.63. The molecule has 0 atom stereocenters. The number of rotatable bonds is 6. The van der Waals surface area contributed by atoms with Crippen molar-refractivity contribution >= 4 is 11.2 Å². The molecule has 0 aliphatic rings. The largest absolute Gasteiger partial charge is 0.380 e. The van der Waals surface area contributed by atoms with Crippen molar-refractivity contribution in [1.82, 2.24) is 28.5 Å². The van der Waals surface area contributed by atoms with Crippen LogP contribution in [0.3, 0.4) is 0 Å². The minimum atomic E-state index is -0.376. The molecule has 0 aromatic carbocycles. The average Bonchev–Trinajstić information content (AvgIpc) is 3.13. The van der Waals surface area contributed by atoms with E-state index < -0.39 is 0 Å². The van der Waals surface area contributed by atoms with Crippen LogP contribution in [-0.4, -0.2) is 41.7 Å². The first-order valence-corrected chi connectivity index (χ1v) is 8.72. The molecule has 0 unspecified atom stereocenters. The van der Waals surface area contributed by atoms with Gasteiger partial charge in [0.25, 0.3) is 5.56 Å². The van der Waals surface area contributed by atoms with Crippen molar-refractivity contribution in [3.8, 4) is 5.95 Å². The Hall–Kier alpha value is -2.68. The van der Waals surface area contributed by atoms with E-state index in [4.69, 9.17) is 4.74 Å². The lowest BCUT2D eigenvalue weighted by Gasteiger charge is -2.10. The molecule has 0 aliphatic carbocycles. The summed E-state index contributed by atoms with van der Waals surface area (Å²) in [5.41, 5.74) is 1.77. The van der Waals surface area contributed by atoms with E-state index in [1.165, 1.54) is 9.13 Å². The molecule has 3 aromatic rings. The SMILES string of the molecule is CCOCCn1c(-n2nc(C)cc2C)nc2c1c(=O)n(CC)c(=O)n2C. The zero-order valence-corrected chi connectivity index (χ0v) is 15.8. The highest BCUT2D eigenvalue weighted by atomic mass is 16.5. The first-order chi connectivity index (χ1) is 12.4. The summed E-state index contributed by atoms with van der Waals surface area (Å²) in [5, 5.41) is 4.49. The molecule has 9 nitrogen and oxygen atoms in total. The first-order valence-electron chi connectivity index (χ1n) is 8.72. The van der Waals surface area contributed by atoms with Gasteiger partial charge in [0.05, 0.1) is 12.3 Å². The number of fused-ring (bicyclic) bond motifs is 1. The number of imidazole rings is 1. The number of nitrogens with zero attached hydrogens (tertiary/aromatic N) is 6. The summed E-state index contributed by atoms with van der Waals surface area (Å²) < 4.78 is 11.6. The highest BCUT2D eigenvalue weighted by Gasteiger charge is 2.22. The van der Waals surface area contributed by atoms with E-state index in [1.54, 1.807) is 23.2 Å². The molecule has 0 aliphatic heterocycles. The molecule has 0 radical (unpaired) electrons. The summed E-state index contributed by atoms with van der Waals surface area (Å²) in [6.07, 6.45) is 0. The highest BCUT2D eigenvalue weighted by molar-refractivity contribution is 5.72. The van der Waals surface area contributed by atoms with E-state index in [0.717, 1.165) is 11.4 Å². The summed E-state index contributed by atoms with van der Waals surface area (Å²) in [4.78, 5) is 30.0. The summed E-state index contributed by atoms with van der Waals surface area (Å²) >= 11 is 0. The van der Waals surface area contributed by atoms with Crippen molar-refractivity contribution in [2.75, 3.05) is 13.2 Å². The van der Waals surface area contributed by atoms with Crippen LogP contribution in [0.25, 0.3) is 17.1 Å². The first kappa shape index (κ1) is 18.1. The fraction of sp³-hybridized carbons (Fsp3) is 0.529. The lowest BCUT2D eigenvalue weighted by molar-refractivity contribution is 0.139. The van der Waals surface area contributed by atoms with Crippen molar-refractivity contribution in [3.05, 3.63) is 38.3 Å². The zero-order chi connectivity index (χ0) is 19.0. The number of hydrogen-bond acceptors (Lipinski definition) is 5. The monoisotopic (exact) mass is 360 g/mol. The van der Waals surface area contributed by atoms with E-state index in [1.807, 2.05) is 26.8 Å². The topological polar surface area (TPSA) is 88.9 Å². The second-order valence-electron chi connectivity index (χ2n) is 6.16. The van der Waals surface area contributed by atoms with Crippen LogP contribution in [0.2, 0.25) is 0 Å². The van der Waals surface area contributed by atoms with Gasteiger partial charge >= 0.3 is 5.69 Å². The summed E-state index contributed by atoms with van der Waals surface area (Å²) in [5.74, 6) is 0.506. The third-order valence-electron chi connectivity index (χ3n) is 4.39. The molecule has 0 fully saturated rings. The Balaban J connectivity index is 2.37. The Morgan fingerprint density at radius 3 is 2.46 bits per heavy atom. The van der Waals surface area contributed by atoms with Gasteiger partial charge < -0.3 is 9.30 Å². The van der Waals surface area contributed by atoms with Gasteiger partial charge in [-0.05, 0) is 33.8 Å². The smallest absolute Gasteiger partial charge is 0.332 e. The van der Waals surface area contributed by atoms with Gasteiger partial charge in [-0.25, -0.2) is 9.48 Å². The molecule has 9 heteroatoms. The van der Waals surface area contributed by atoms with Crippen LogP contribution >= 0.6 is 0 Å². The second kappa shape index (κ2) is 6.91. The van der Waals surface area contributed by atoms with Gasteiger partial charge in [-0.15, -0.1) is 0 Å². The fourth-order valence-corrected chi connectivity index (χ4v) is 3.14. The average molecular weight is 360 g/mol. The lowest BCUT2D eigenvalue weighted by atomic mass is 10.4. The molecule has 3 aromatic heterocycles. The van der Waals surface area contributed by atoms with Crippen LogP contribution in [0.15, 0.2) is 15.7 Å². The van der Waals surface area contributed by atoms with Crippen LogP contribution in [0.1, 0.15) is 25.2 Å². The van der Waals surface area contributed by atoms with Crippen LogP contribution in [0.4, 0.5) is 0 Å². The molecule has 3 heterocycles. The van der Waals surface area contributed by atoms with Gasteiger partial charge in [0.2, 0.25) is 5.95 Å². The second-order valence-corrected chi connectivity index (χ2v) is 6.16. The molecule has 3 rings (SSSR count). The molecule has 140 valence electrons.